The van der Waals surface area contributed by atoms with Crippen molar-refractivity contribution in [3.8, 4) is 17.5 Å². The van der Waals surface area contributed by atoms with E-state index in [0.29, 0.717) is 5.82 Å². The smallest absolute Gasteiger partial charge is 0.274 e. The first-order chi connectivity index (χ1) is 7.83. The van der Waals surface area contributed by atoms with Crippen LogP contribution in [0.1, 0.15) is 5.69 Å². The molecule has 0 N–H and O–H groups in total. The fourth-order valence-corrected chi connectivity index (χ4v) is 1.27. The lowest BCUT2D eigenvalue weighted by Crippen LogP contribution is -1.91. The van der Waals surface area contributed by atoms with Crippen molar-refractivity contribution in [3.05, 3.63) is 53.5 Å². The van der Waals surface area contributed by atoms with Crippen LogP contribution in [0.3, 0.4) is 0 Å². The molecule has 1 heterocycles. The first kappa shape index (κ1) is 9.82. The summed E-state index contributed by atoms with van der Waals surface area (Å²) in [7, 11) is 0. The average molecular weight is 206 g/mol. The van der Waals surface area contributed by atoms with E-state index in [2.05, 4.69) is 14.8 Å². The predicted octanol–water partition coefficient (Wildman–Crippen LogP) is 2.57. The Hall–Kier alpha value is -2.72. The first-order valence-corrected chi connectivity index (χ1v) is 4.55. The molecule has 4 nitrogen and oxygen atoms in total. The molecular weight excluding hydrogens is 200 g/mol. The summed E-state index contributed by atoms with van der Waals surface area (Å²) in [6.07, 6.45) is 0. The number of nitrogens with zero attached hydrogens (tertiary/aromatic N) is 4. The summed E-state index contributed by atoms with van der Waals surface area (Å²) in [6.45, 7) is 6.90. The molecule has 0 fully saturated rings. The van der Waals surface area contributed by atoms with Gasteiger partial charge in [-0.25, -0.2) is 0 Å². The zero-order valence-corrected chi connectivity index (χ0v) is 8.25. The van der Waals surface area contributed by atoms with Gasteiger partial charge in [0.15, 0.2) is 0 Å². The van der Waals surface area contributed by atoms with Gasteiger partial charge in [0.1, 0.15) is 11.8 Å². The minimum Gasteiger partial charge on any atom is -0.360 e. The molecule has 0 saturated heterocycles. The average Bonchev–Trinajstić information content (AvgIpc) is 2.39. The van der Waals surface area contributed by atoms with Crippen molar-refractivity contribution < 1.29 is 0 Å². The predicted molar refractivity (Wildman–Crippen MR) is 58.4 cm³/mol. The minimum atomic E-state index is 0.186. The van der Waals surface area contributed by atoms with Gasteiger partial charge in [0, 0.05) is 11.6 Å². The Morgan fingerprint density at radius 3 is 2.56 bits per heavy atom. The molecular formula is C12H6N4. The third kappa shape index (κ3) is 1.87. The highest BCUT2D eigenvalue weighted by Crippen LogP contribution is 2.18. The van der Waals surface area contributed by atoms with E-state index in [1.807, 2.05) is 36.4 Å². The van der Waals surface area contributed by atoms with E-state index in [1.165, 1.54) is 6.07 Å². The minimum absolute atomic E-state index is 0.186. The highest BCUT2D eigenvalue weighted by atomic mass is 15.0. The van der Waals surface area contributed by atoms with Crippen LogP contribution in [0.2, 0.25) is 0 Å². The van der Waals surface area contributed by atoms with Crippen LogP contribution < -0.4 is 0 Å². The van der Waals surface area contributed by atoms with Gasteiger partial charge in [0.05, 0.1) is 0 Å². The highest BCUT2D eigenvalue weighted by Gasteiger charge is 2.08. The van der Waals surface area contributed by atoms with Crippen molar-refractivity contribution in [1.82, 2.24) is 9.97 Å². The normalized spacial score (nSPS) is 9.12. The molecule has 1 aromatic heterocycles. The number of hydrogen-bond donors (Lipinski definition) is 0. The van der Waals surface area contributed by atoms with E-state index >= 15 is 0 Å². The Kier molecular flexibility index (Phi) is 2.58. The molecule has 0 atom stereocenters. The molecule has 0 radical (unpaired) electrons. The van der Waals surface area contributed by atoms with Crippen LogP contribution in [-0.4, -0.2) is 9.97 Å². The maximum absolute atomic E-state index is 8.79. The maximum Gasteiger partial charge on any atom is 0.274 e. The summed E-state index contributed by atoms with van der Waals surface area (Å²) in [5.41, 5.74) is 1.00. The molecule has 4 heteroatoms. The third-order valence-corrected chi connectivity index (χ3v) is 1.97. The van der Waals surface area contributed by atoms with Crippen LogP contribution in [0.5, 0.6) is 0 Å². The zero-order valence-electron chi connectivity index (χ0n) is 8.25. The third-order valence-electron chi connectivity index (χ3n) is 1.97. The van der Waals surface area contributed by atoms with Gasteiger partial charge >= 0.3 is 0 Å². The topological polar surface area (TPSA) is 53.9 Å². The summed E-state index contributed by atoms with van der Waals surface area (Å²) >= 11 is 0. The molecule has 74 valence electrons. The van der Waals surface area contributed by atoms with Crippen molar-refractivity contribution in [3.63, 3.8) is 0 Å². The number of nitriles is 1. The number of rotatable bonds is 1. The standard InChI is InChI=1S/C12H6N4/c1-14-11-7-10(8-13)15-12(16-11)9-5-3-2-4-6-9/h2-7H. The van der Waals surface area contributed by atoms with E-state index in [9.17, 15) is 0 Å². The van der Waals surface area contributed by atoms with Crippen LogP contribution >= 0.6 is 0 Å². The fraction of sp³-hybridized carbons (Fsp3) is 0. The molecule has 0 saturated carbocycles. The molecule has 0 aliphatic heterocycles. The van der Waals surface area contributed by atoms with E-state index < -0.39 is 0 Å². The van der Waals surface area contributed by atoms with Crippen molar-refractivity contribution in [2.45, 2.75) is 0 Å². The van der Waals surface area contributed by atoms with E-state index in [1.54, 1.807) is 0 Å². The summed E-state index contributed by atoms with van der Waals surface area (Å²) in [4.78, 5) is 11.3. The van der Waals surface area contributed by atoms with Gasteiger partial charge in [-0.15, -0.1) is 0 Å². The van der Waals surface area contributed by atoms with Crippen molar-refractivity contribution in [1.29, 1.82) is 5.26 Å². The Labute approximate surface area is 92.7 Å². The largest absolute Gasteiger partial charge is 0.360 e. The highest BCUT2D eigenvalue weighted by molar-refractivity contribution is 5.58. The van der Waals surface area contributed by atoms with Crippen molar-refractivity contribution in [2.75, 3.05) is 0 Å². The Morgan fingerprint density at radius 2 is 1.94 bits per heavy atom. The van der Waals surface area contributed by atoms with Crippen LogP contribution in [0.4, 0.5) is 5.82 Å². The fourth-order valence-electron chi connectivity index (χ4n) is 1.27. The lowest BCUT2D eigenvalue weighted by Gasteiger charge is -1.97. The molecule has 0 aliphatic carbocycles. The van der Waals surface area contributed by atoms with Gasteiger partial charge in [0.2, 0.25) is 0 Å². The summed E-state index contributed by atoms with van der Waals surface area (Å²) in [5.74, 6) is 0.594. The Morgan fingerprint density at radius 1 is 1.19 bits per heavy atom. The van der Waals surface area contributed by atoms with Gasteiger partial charge in [-0.05, 0) is 12.1 Å². The number of benzene rings is 1. The summed E-state index contributed by atoms with van der Waals surface area (Å²) in [5, 5.41) is 8.79. The molecule has 0 unspecified atom stereocenters. The molecule has 0 amide bonds. The van der Waals surface area contributed by atoms with Gasteiger partial charge in [-0.2, -0.15) is 10.2 Å². The van der Waals surface area contributed by atoms with Gasteiger partial charge in [-0.3, -0.25) is 0 Å². The summed E-state index contributed by atoms with van der Waals surface area (Å²) < 4.78 is 0. The zero-order chi connectivity index (χ0) is 11.4. The second-order valence-corrected chi connectivity index (χ2v) is 3.02. The van der Waals surface area contributed by atoms with Gasteiger partial charge < -0.3 is 4.85 Å². The second-order valence-electron chi connectivity index (χ2n) is 3.02. The first-order valence-electron chi connectivity index (χ1n) is 4.55. The van der Waals surface area contributed by atoms with Gasteiger partial charge in [-0.1, -0.05) is 29.8 Å². The van der Waals surface area contributed by atoms with E-state index in [-0.39, 0.29) is 11.5 Å². The molecule has 1 aromatic carbocycles. The quantitative estimate of drug-likeness (QED) is 0.674. The lowest BCUT2D eigenvalue weighted by atomic mass is 10.2. The summed E-state index contributed by atoms with van der Waals surface area (Å²) in [6, 6.07) is 12.6. The van der Waals surface area contributed by atoms with Crippen molar-refractivity contribution >= 4 is 5.82 Å². The molecule has 0 aliphatic rings. The van der Waals surface area contributed by atoms with Crippen molar-refractivity contribution in [2.24, 2.45) is 0 Å². The number of hydrogen-bond acceptors (Lipinski definition) is 3. The molecule has 16 heavy (non-hydrogen) atoms. The molecule has 2 rings (SSSR count). The molecule has 2 aromatic rings. The van der Waals surface area contributed by atoms with Crippen LogP contribution in [0.15, 0.2) is 36.4 Å². The van der Waals surface area contributed by atoms with Crippen LogP contribution in [-0.2, 0) is 0 Å². The second kappa shape index (κ2) is 4.20. The molecule has 0 spiro atoms. The van der Waals surface area contributed by atoms with Crippen LogP contribution in [0, 0.1) is 17.9 Å². The van der Waals surface area contributed by atoms with E-state index in [4.69, 9.17) is 11.8 Å². The van der Waals surface area contributed by atoms with Gasteiger partial charge in [0.25, 0.3) is 11.6 Å². The Balaban J connectivity index is 2.59. The van der Waals surface area contributed by atoms with E-state index in [0.717, 1.165) is 5.56 Å². The maximum atomic E-state index is 8.79. The lowest BCUT2D eigenvalue weighted by molar-refractivity contribution is 1.16. The molecule has 0 bridgehead atoms. The van der Waals surface area contributed by atoms with Crippen LogP contribution in [0.25, 0.3) is 16.2 Å². The number of aromatic nitrogens is 2. The monoisotopic (exact) mass is 206 g/mol. The SMILES string of the molecule is [C-]#[N+]c1cc(C#N)nc(-c2ccccc2)n1. The Bertz CT molecular complexity index is 558.